The van der Waals surface area contributed by atoms with Crippen molar-refractivity contribution in [2.75, 3.05) is 32.1 Å². The van der Waals surface area contributed by atoms with Gasteiger partial charge in [0.2, 0.25) is 5.91 Å². The van der Waals surface area contributed by atoms with Gasteiger partial charge in [-0.3, -0.25) is 9.59 Å². The summed E-state index contributed by atoms with van der Waals surface area (Å²) >= 11 is 5.91. The van der Waals surface area contributed by atoms with E-state index in [0.29, 0.717) is 28.5 Å². The second-order valence-corrected chi connectivity index (χ2v) is 7.28. The number of methoxy groups -OCH3 is 3. The highest BCUT2D eigenvalue weighted by molar-refractivity contribution is 6.29. The Morgan fingerprint density at radius 3 is 2.24 bits per heavy atom. The van der Waals surface area contributed by atoms with Gasteiger partial charge < -0.3 is 19.1 Å². The summed E-state index contributed by atoms with van der Waals surface area (Å²) in [5, 5.41) is 0. The lowest BCUT2D eigenvalue weighted by Gasteiger charge is -2.26. The molecule has 0 saturated heterocycles. The molecule has 0 heterocycles. The van der Waals surface area contributed by atoms with Crippen LogP contribution in [0.5, 0.6) is 17.2 Å². The minimum absolute atomic E-state index is 0.0779. The van der Waals surface area contributed by atoms with Crippen molar-refractivity contribution in [2.24, 2.45) is 0 Å². The summed E-state index contributed by atoms with van der Waals surface area (Å²) < 4.78 is 29.7. The molecule has 0 aliphatic carbocycles. The van der Waals surface area contributed by atoms with Crippen LogP contribution in [0.2, 0.25) is 0 Å². The quantitative estimate of drug-likeness (QED) is 0.329. The Kier molecular flexibility index (Phi) is 7.90. The Balaban J connectivity index is 2.12. The summed E-state index contributed by atoms with van der Waals surface area (Å²) in [6.45, 7) is 0.0779. The highest BCUT2D eigenvalue weighted by Crippen LogP contribution is 2.32. The van der Waals surface area contributed by atoms with Gasteiger partial charge in [0.05, 0.1) is 33.6 Å². The van der Waals surface area contributed by atoms with Crippen molar-refractivity contribution >= 4 is 29.0 Å². The van der Waals surface area contributed by atoms with Crippen molar-refractivity contribution in [3.05, 3.63) is 83.2 Å². The van der Waals surface area contributed by atoms with Crippen LogP contribution in [0.1, 0.15) is 21.5 Å². The average Bonchev–Trinajstić information content (AvgIpc) is 2.86. The zero-order chi connectivity index (χ0) is 24.0. The molecule has 0 aliphatic heterocycles. The number of benzene rings is 3. The Labute approximate surface area is 196 Å². The van der Waals surface area contributed by atoms with Crippen LogP contribution in [0.4, 0.5) is 10.1 Å². The number of rotatable bonds is 9. The molecule has 3 aromatic rings. The first kappa shape index (κ1) is 24.1. The molecule has 3 aromatic carbocycles. The van der Waals surface area contributed by atoms with Crippen molar-refractivity contribution in [3.8, 4) is 17.2 Å². The predicted molar refractivity (Wildman–Crippen MR) is 124 cm³/mol. The minimum atomic E-state index is -0.540. The van der Waals surface area contributed by atoms with Crippen molar-refractivity contribution in [1.29, 1.82) is 0 Å². The van der Waals surface area contributed by atoms with Gasteiger partial charge in [0, 0.05) is 22.8 Å². The van der Waals surface area contributed by atoms with Gasteiger partial charge in [-0.2, -0.15) is 0 Å². The van der Waals surface area contributed by atoms with Crippen LogP contribution in [0.25, 0.3) is 0 Å². The van der Waals surface area contributed by atoms with Gasteiger partial charge >= 0.3 is 0 Å². The number of ketones is 1. The predicted octanol–water partition coefficient (Wildman–Crippen LogP) is 4.85. The molecule has 6 nitrogen and oxygen atoms in total. The number of anilines is 1. The fraction of sp³-hybridized carbons (Fsp3) is 0.200. The molecule has 0 saturated carbocycles. The van der Waals surface area contributed by atoms with E-state index in [0.717, 1.165) is 6.07 Å². The molecule has 0 radical (unpaired) electrons. The van der Waals surface area contributed by atoms with E-state index in [-0.39, 0.29) is 23.6 Å². The topological polar surface area (TPSA) is 65.1 Å². The van der Waals surface area contributed by atoms with Gasteiger partial charge in [0.25, 0.3) is 0 Å². The van der Waals surface area contributed by atoms with Crippen molar-refractivity contribution in [1.82, 2.24) is 0 Å². The third kappa shape index (κ3) is 5.43. The van der Waals surface area contributed by atoms with Crippen molar-refractivity contribution < 1.29 is 28.2 Å². The lowest BCUT2D eigenvalue weighted by Crippen LogP contribution is -2.33. The summed E-state index contributed by atoms with van der Waals surface area (Å²) in [4.78, 5) is 27.6. The summed E-state index contributed by atoms with van der Waals surface area (Å²) in [5.41, 5.74) is 1.31. The fourth-order valence-electron chi connectivity index (χ4n) is 3.38. The maximum atomic E-state index is 13.8. The number of carbonyl (C=O) groups excluding carboxylic acids is 2. The number of alkyl halides is 1. The first-order valence-electron chi connectivity index (χ1n) is 9.97. The summed E-state index contributed by atoms with van der Waals surface area (Å²) in [7, 11) is 4.52. The van der Waals surface area contributed by atoms with E-state index >= 15 is 0 Å². The molecule has 0 unspecified atom stereocenters. The molecule has 33 heavy (non-hydrogen) atoms. The lowest BCUT2D eigenvalue weighted by molar-refractivity contribution is -0.116. The first-order valence-corrected chi connectivity index (χ1v) is 10.5. The summed E-state index contributed by atoms with van der Waals surface area (Å²) in [6.07, 6.45) is 0. The number of carbonyl (C=O) groups is 2. The van der Waals surface area contributed by atoms with E-state index in [4.69, 9.17) is 25.8 Å². The fourth-order valence-corrected chi connectivity index (χ4v) is 3.52. The van der Waals surface area contributed by atoms with Gasteiger partial charge in [-0.25, -0.2) is 4.39 Å². The van der Waals surface area contributed by atoms with Crippen molar-refractivity contribution in [3.63, 3.8) is 0 Å². The smallest absolute Gasteiger partial charge is 0.242 e. The molecule has 0 N–H and O–H groups in total. The molecule has 172 valence electrons. The highest BCUT2D eigenvalue weighted by Gasteiger charge is 2.24. The van der Waals surface area contributed by atoms with Crippen molar-refractivity contribution in [2.45, 2.75) is 6.54 Å². The molecule has 0 spiro atoms. The Hall–Kier alpha value is -3.58. The maximum absolute atomic E-state index is 13.8. The second kappa shape index (κ2) is 10.8. The number of hydrogen-bond acceptors (Lipinski definition) is 5. The van der Waals surface area contributed by atoms with Gasteiger partial charge in [-0.05, 0) is 42.5 Å². The largest absolute Gasteiger partial charge is 0.497 e. The Morgan fingerprint density at radius 2 is 1.61 bits per heavy atom. The number of amides is 1. The molecule has 0 bridgehead atoms. The van der Waals surface area contributed by atoms with Crippen LogP contribution in [0.3, 0.4) is 0 Å². The maximum Gasteiger partial charge on any atom is 0.242 e. The SMILES string of the molecule is COc1ccc(CN(C(=O)CCl)c2ccc(OC)cc2C(=O)c2cccc(F)c2)c(OC)c1. The molecule has 8 heteroatoms. The van der Waals surface area contributed by atoms with E-state index in [1.54, 1.807) is 37.4 Å². The third-order valence-corrected chi connectivity index (χ3v) is 5.29. The summed E-state index contributed by atoms with van der Waals surface area (Å²) in [5.74, 6) is -0.213. The number of hydrogen-bond donors (Lipinski definition) is 0. The number of nitrogens with zero attached hydrogens (tertiary/aromatic N) is 1. The Morgan fingerprint density at radius 1 is 0.909 bits per heavy atom. The second-order valence-electron chi connectivity index (χ2n) is 7.01. The molecule has 0 fully saturated rings. The minimum Gasteiger partial charge on any atom is -0.497 e. The monoisotopic (exact) mass is 471 g/mol. The first-order chi connectivity index (χ1) is 15.9. The van der Waals surface area contributed by atoms with E-state index in [1.807, 2.05) is 0 Å². The third-order valence-electron chi connectivity index (χ3n) is 5.06. The summed E-state index contributed by atoms with van der Waals surface area (Å²) in [6, 6.07) is 15.3. The molecule has 0 aliphatic rings. The Bertz CT molecular complexity index is 1170. The molecule has 3 rings (SSSR count). The molecular weight excluding hydrogens is 449 g/mol. The van der Waals surface area contributed by atoms with Crippen LogP contribution in [-0.2, 0) is 11.3 Å². The van der Waals surface area contributed by atoms with Crippen LogP contribution < -0.4 is 19.1 Å². The van der Waals surface area contributed by atoms with E-state index in [9.17, 15) is 14.0 Å². The molecule has 0 atom stereocenters. The molecular formula is C25H23ClFNO5. The zero-order valence-corrected chi connectivity index (χ0v) is 19.2. The standard InChI is InChI=1S/C25H23ClFNO5/c1-31-19-9-10-22(21(12-19)25(30)16-5-4-6-18(27)11-16)28(24(29)14-26)15-17-7-8-20(32-2)13-23(17)33-3/h4-13H,14-15H2,1-3H3. The average molecular weight is 472 g/mol. The number of ether oxygens (including phenoxy) is 3. The molecule has 0 aromatic heterocycles. The van der Waals surface area contributed by atoms with E-state index < -0.39 is 17.5 Å². The van der Waals surface area contributed by atoms with Gasteiger partial charge in [-0.1, -0.05) is 12.1 Å². The van der Waals surface area contributed by atoms with Gasteiger partial charge in [0.15, 0.2) is 5.78 Å². The van der Waals surface area contributed by atoms with E-state index in [2.05, 4.69) is 0 Å². The normalized spacial score (nSPS) is 10.5. The van der Waals surface area contributed by atoms with Gasteiger partial charge in [-0.15, -0.1) is 11.6 Å². The van der Waals surface area contributed by atoms with E-state index in [1.165, 1.54) is 43.4 Å². The van der Waals surface area contributed by atoms with Crippen LogP contribution in [0.15, 0.2) is 60.7 Å². The van der Waals surface area contributed by atoms with Crippen LogP contribution in [-0.4, -0.2) is 38.9 Å². The van der Waals surface area contributed by atoms with Gasteiger partial charge in [0.1, 0.15) is 28.9 Å². The van der Waals surface area contributed by atoms with Crippen LogP contribution in [0, 0.1) is 5.82 Å². The zero-order valence-electron chi connectivity index (χ0n) is 18.4. The lowest BCUT2D eigenvalue weighted by atomic mass is 10.00. The highest BCUT2D eigenvalue weighted by atomic mass is 35.5. The molecule has 1 amide bonds. The number of halogens is 2. The van der Waals surface area contributed by atoms with Crippen LogP contribution >= 0.6 is 11.6 Å².